The lowest BCUT2D eigenvalue weighted by molar-refractivity contribution is 0.358. The maximum Gasteiger partial charge on any atom is 0.190 e. The van der Waals surface area contributed by atoms with Crippen molar-refractivity contribution in [2.45, 2.75) is 32.7 Å². The molecule has 8 heteroatoms. The maximum atomic E-state index is 13.3. The van der Waals surface area contributed by atoms with Gasteiger partial charge in [0.15, 0.2) is 5.96 Å². The number of fused-ring (bicyclic) bond motifs is 2. The number of aromatic nitrogens is 4. The number of nitrogens with zero attached hydrogens (tertiary/aromatic N) is 4. The molecule has 0 aliphatic carbocycles. The number of hydrogen-bond donors (Lipinski definition) is 3. The molecule has 1 unspecified atom stereocenters. The van der Waals surface area contributed by atoms with E-state index in [4.69, 9.17) is 0 Å². The van der Waals surface area contributed by atoms with Crippen molar-refractivity contribution in [2.24, 2.45) is 10.9 Å². The van der Waals surface area contributed by atoms with Gasteiger partial charge in [0.05, 0.1) is 0 Å². The number of H-pyrrole nitrogens is 1. The molecule has 2 aromatic heterocycles. The van der Waals surface area contributed by atoms with Gasteiger partial charge >= 0.3 is 0 Å². The summed E-state index contributed by atoms with van der Waals surface area (Å²) < 4.78 is 15.5. The van der Waals surface area contributed by atoms with Crippen molar-refractivity contribution in [3.05, 3.63) is 47.4 Å². The van der Waals surface area contributed by atoms with Crippen LogP contribution in [0.2, 0.25) is 0 Å². The quantitative estimate of drug-likeness (QED) is 0.466. The molecule has 1 aromatic carbocycles. The third kappa shape index (κ3) is 3.85. The molecule has 3 N–H and O–H groups in total. The van der Waals surface area contributed by atoms with E-state index in [1.807, 2.05) is 19.2 Å². The summed E-state index contributed by atoms with van der Waals surface area (Å²) in [7, 11) is 1.78. The molecule has 0 amide bonds. The molecule has 0 saturated carbocycles. The zero-order valence-corrected chi connectivity index (χ0v) is 16.3. The van der Waals surface area contributed by atoms with Gasteiger partial charge in [0, 0.05) is 50.2 Å². The summed E-state index contributed by atoms with van der Waals surface area (Å²) in [5, 5.41) is 16.3. The molecule has 0 spiro atoms. The Kier molecular flexibility index (Phi) is 5.27. The van der Waals surface area contributed by atoms with E-state index in [-0.39, 0.29) is 5.82 Å². The normalized spacial score (nSPS) is 17.0. The molecule has 28 heavy (non-hydrogen) atoms. The summed E-state index contributed by atoms with van der Waals surface area (Å²) in [4.78, 5) is 7.46. The van der Waals surface area contributed by atoms with Crippen LogP contribution in [0.3, 0.4) is 0 Å². The highest BCUT2D eigenvalue weighted by Gasteiger charge is 2.21. The number of aromatic amines is 1. The zero-order chi connectivity index (χ0) is 19.5. The Hall–Kier alpha value is -2.90. The largest absolute Gasteiger partial charge is 0.361 e. The van der Waals surface area contributed by atoms with Gasteiger partial charge in [0.2, 0.25) is 0 Å². The number of aliphatic imine (C=N–C) groups is 1. The standard InChI is InChI=1S/C20H26FN7/c1-13-26-27-19-6-3-14(12-28(13)19)10-25-20(22-2)23-8-7-15-11-24-18-9-16(21)4-5-17(15)18/h4-5,9,11,14,24H,3,6-8,10,12H2,1-2H3,(H2,22,23,25). The van der Waals surface area contributed by atoms with Crippen molar-refractivity contribution < 1.29 is 4.39 Å². The number of rotatable bonds is 5. The summed E-state index contributed by atoms with van der Waals surface area (Å²) in [6.07, 6.45) is 4.86. The monoisotopic (exact) mass is 383 g/mol. The molecule has 4 rings (SSSR count). The number of hydrogen-bond acceptors (Lipinski definition) is 3. The Labute approximate surface area is 163 Å². The molecule has 1 aliphatic rings. The summed E-state index contributed by atoms with van der Waals surface area (Å²) in [5.41, 5.74) is 2.00. The van der Waals surface area contributed by atoms with Crippen LogP contribution in [0, 0.1) is 18.7 Å². The minimum atomic E-state index is -0.222. The molecular formula is C20H26FN7. The molecule has 1 aliphatic heterocycles. The highest BCUT2D eigenvalue weighted by molar-refractivity contribution is 5.83. The van der Waals surface area contributed by atoms with Crippen LogP contribution in [0.25, 0.3) is 10.9 Å². The fraction of sp³-hybridized carbons (Fsp3) is 0.450. The van der Waals surface area contributed by atoms with Gasteiger partial charge in [0.1, 0.15) is 17.5 Å². The Morgan fingerprint density at radius 1 is 1.36 bits per heavy atom. The van der Waals surface area contributed by atoms with Crippen molar-refractivity contribution in [1.29, 1.82) is 0 Å². The predicted molar refractivity (Wildman–Crippen MR) is 108 cm³/mol. The first kappa shape index (κ1) is 18.5. The van der Waals surface area contributed by atoms with E-state index in [0.717, 1.165) is 67.4 Å². The van der Waals surface area contributed by atoms with Crippen molar-refractivity contribution in [3.8, 4) is 0 Å². The average molecular weight is 383 g/mol. The highest BCUT2D eigenvalue weighted by Crippen LogP contribution is 2.20. The molecule has 0 radical (unpaired) electrons. The van der Waals surface area contributed by atoms with E-state index >= 15 is 0 Å². The summed E-state index contributed by atoms with van der Waals surface area (Å²) in [5.74, 6) is 3.19. The fourth-order valence-electron chi connectivity index (χ4n) is 3.84. The lowest BCUT2D eigenvalue weighted by Gasteiger charge is -2.25. The van der Waals surface area contributed by atoms with Gasteiger partial charge in [-0.2, -0.15) is 0 Å². The van der Waals surface area contributed by atoms with Crippen molar-refractivity contribution in [2.75, 3.05) is 20.1 Å². The van der Waals surface area contributed by atoms with Crippen LogP contribution >= 0.6 is 0 Å². The van der Waals surface area contributed by atoms with Crippen LogP contribution in [-0.2, 0) is 19.4 Å². The highest BCUT2D eigenvalue weighted by atomic mass is 19.1. The molecule has 148 valence electrons. The number of halogens is 1. The number of aryl methyl sites for hydroxylation is 2. The topological polar surface area (TPSA) is 82.9 Å². The van der Waals surface area contributed by atoms with Gasteiger partial charge in [-0.3, -0.25) is 4.99 Å². The Balaban J connectivity index is 1.27. The van der Waals surface area contributed by atoms with Gasteiger partial charge in [-0.15, -0.1) is 10.2 Å². The van der Waals surface area contributed by atoms with Crippen molar-refractivity contribution >= 4 is 16.9 Å². The zero-order valence-electron chi connectivity index (χ0n) is 16.3. The lowest BCUT2D eigenvalue weighted by atomic mass is 9.99. The van der Waals surface area contributed by atoms with Gasteiger partial charge in [-0.25, -0.2) is 4.39 Å². The first-order chi connectivity index (χ1) is 13.6. The first-order valence-corrected chi connectivity index (χ1v) is 9.72. The summed E-state index contributed by atoms with van der Waals surface area (Å²) in [6, 6.07) is 4.86. The lowest BCUT2D eigenvalue weighted by Crippen LogP contribution is -2.42. The third-order valence-electron chi connectivity index (χ3n) is 5.43. The third-order valence-corrected chi connectivity index (χ3v) is 5.43. The molecule has 0 saturated heterocycles. The number of benzene rings is 1. The summed E-state index contributed by atoms with van der Waals surface area (Å²) in [6.45, 7) is 4.57. The van der Waals surface area contributed by atoms with Crippen molar-refractivity contribution in [3.63, 3.8) is 0 Å². The van der Waals surface area contributed by atoms with E-state index in [0.29, 0.717) is 5.92 Å². The van der Waals surface area contributed by atoms with Crippen LogP contribution in [-0.4, -0.2) is 45.8 Å². The molecule has 3 aromatic rings. The second-order valence-electron chi connectivity index (χ2n) is 7.31. The Morgan fingerprint density at radius 3 is 3.11 bits per heavy atom. The number of nitrogens with one attached hydrogen (secondary N) is 3. The van der Waals surface area contributed by atoms with Gasteiger partial charge < -0.3 is 20.2 Å². The minimum Gasteiger partial charge on any atom is -0.361 e. The van der Waals surface area contributed by atoms with Crippen molar-refractivity contribution in [1.82, 2.24) is 30.4 Å². The molecular weight excluding hydrogens is 357 g/mol. The van der Waals surface area contributed by atoms with Crippen LogP contribution in [0.15, 0.2) is 29.4 Å². The fourth-order valence-corrected chi connectivity index (χ4v) is 3.84. The Bertz CT molecular complexity index is 988. The van der Waals surface area contributed by atoms with Crippen LogP contribution in [0.1, 0.15) is 23.6 Å². The molecule has 1 atom stereocenters. The molecule has 7 nitrogen and oxygen atoms in total. The van der Waals surface area contributed by atoms with E-state index in [1.54, 1.807) is 7.05 Å². The van der Waals surface area contributed by atoms with Gasteiger partial charge in [-0.1, -0.05) is 0 Å². The SMILES string of the molecule is CN=C(NCCc1c[nH]c2cc(F)ccc12)NCC1CCc2nnc(C)n2C1. The minimum absolute atomic E-state index is 0.222. The second-order valence-corrected chi connectivity index (χ2v) is 7.31. The predicted octanol–water partition coefficient (Wildman–Crippen LogP) is 2.18. The molecule has 3 heterocycles. The van der Waals surface area contributed by atoms with Crippen LogP contribution in [0.4, 0.5) is 4.39 Å². The Morgan fingerprint density at radius 2 is 2.25 bits per heavy atom. The maximum absolute atomic E-state index is 13.3. The van der Waals surface area contributed by atoms with E-state index in [2.05, 4.69) is 35.4 Å². The average Bonchev–Trinajstić information content (AvgIpc) is 3.27. The first-order valence-electron chi connectivity index (χ1n) is 9.72. The van der Waals surface area contributed by atoms with E-state index in [9.17, 15) is 4.39 Å². The number of guanidine groups is 1. The smallest absolute Gasteiger partial charge is 0.190 e. The summed E-state index contributed by atoms with van der Waals surface area (Å²) >= 11 is 0. The van der Waals surface area contributed by atoms with E-state index < -0.39 is 0 Å². The molecule has 0 bridgehead atoms. The molecule has 0 fully saturated rings. The second kappa shape index (κ2) is 8.00. The van der Waals surface area contributed by atoms with Crippen LogP contribution in [0.5, 0.6) is 0 Å². The van der Waals surface area contributed by atoms with Gasteiger partial charge in [0.25, 0.3) is 0 Å². The van der Waals surface area contributed by atoms with Crippen LogP contribution < -0.4 is 10.6 Å². The van der Waals surface area contributed by atoms with E-state index in [1.165, 1.54) is 17.7 Å². The van der Waals surface area contributed by atoms with Gasteiger partial charge in [-0.05, 0) is 49.4 Å².